The average Bonchev–Trinajstić information content (AvgIpc) is 1.99. The van der Waals surface area contributed by atoms with Gasteiger partial charge >= 0.3 is 11.9 Å². The minimum Gasteiger partial charge on any atom is -0.481 e. The molecule has 1 atom stereocenters. The van der Waals surface area contributed by atoms with E-state index in [4.69, 9.17) is 10.2 Å². The molecule has 0 radical (unpaired) electrons. The van der Waals surface area contributed by atoms with E-state index in [1.54, 1.807) is 7.05 Å². The fourth-order valence-electron chi connectivity index (χ4n) is 1.11. The van der Waals surface area contributed by atoms with E-state index < -0.39 is 18.0 Å². The Morgan fingerprint density at radius 3 is 2.23 bits per heavy atom. The number of hydrogen-bond donors (Lipinski definition) is 2. The summed E-state index contributed by atoms with van der Waals surface area (Å²) in [5.41, 5.74) is 0. The SMILES string of the molecule is CCCN(C)C(CC(=O)O)C(=O)O. The maximum Gasteiger partial charge on any atom is 0.321 e. The van der Waals surface area contributed by atoms with Crippen molar-refractivity contribution in [1.29, 1.82) is 0 Å². The maximum atomic E-state index is 10.6. The molecule has 0 aromatic carbocycles. The first-order valence-electron chi connectivity index (χ1n) is 4.13. The molecule has 5 heteroatoms. The Kier molecular flexibility index (Phi) is 5.06. The van der Waals surface area contributed by atoms with Gasteiger partial charge in [-0.25, -0.2) is 0 Å². The monoisotopic (exact) mass is 189 g/mol. The molecule has 2 N–H and O–H groups in total. The molecule has 1 unspecified atom stereocenters. The zero-order chi connectivity index (χ0) is 10.4. The summed E-state index contributed by atoms with van der Waals surface area (Å²) in [6, 6.07) is -0.919. The molecule has 0 fully saturated rings. The maximum absolute atomic E-state index is 10.6. The lowest BCUT2D eigenvalue weighted by Gasteiger charge is -2.22. The van der Waals surface area contributed by atoms with Gasteiger partial charge in [-0.2, -0.15) is 0 Å². The van der Waals surface area contributed by atoms with E-state index in [9.17, 15) is 9.59 Å². The minimum atomic E-state index is -1.09. The van der Waals surface area contributed by atoms with Crippen molar-refractivity contribution in [1.82, 2.24) is 4.90 Å². The Morgan fingerprint density at radius 1 is 1.38 bits per heavy atom. The zero-order valence-corrected chi connectivity index (χ0v) is 7.86. The van der Waals surface area contributed by atoms with Crippen molar-refractivity contribution in [3.63, 3.8) is 0 Å². The Balaban J connectivity index is 4.23. The third kappa shape index (κ3) is 4.47. The largest absolute Gasteiger partial charge is 0.481 e. The molecule has 0 aromatic heterocycles. The normalized spacial score (nSPS) is 12.8. The van der Waals surface area contributed by atoms with Crippen molar-refractivity contribution in [2.24, 2.45) is 0 Å². The van der Waals surface area contributed by atoms with Crippen LogP contribution in [0.3, 0.4) is 0 Å². The van der Waals surface area contributed by atoms with Gasteiger partial charge in [0.25, 0.3) is 0 Å². The highest BCUT2D eigenvalue weighted by Crippen LogP contribution is 2.03. The van der Waals surface area contributed by atoms with Gasteiger partial charge in [-0.05, 0) is 20.0 Å². The van der Waals surface area contributed by atoms with E-state index in [-0.39, 0.29) is 6.42 Å². The highest BCUT2D eigenvalue weighted by atomic mass is 16.4. The summed E-state index contributed by atoms with van der Waals surface area (Å²) < 4.78 is 0. The van der Waals surface area contributed by atoms with Gasteiger partial charge in [-0.15, -0.1) is 0 Å². The van der Waals surface area contributed by atoms with Crippen LogP contribution in [-0.2, 0) is 9.59 Å². The topological polar surface area (TPSA) is 77.8 Å². The first-order chi connectivity index (χ1) is 5.99. The van der Waals surface area contributed by atoms with Gasteiger partial charge in [0.2, 0.25) is 0 Å². The fourth-order valence-corrected chi connectivity index (χ4v) is 1.11. The van der Waals surface area contributed by atoms with Crippen molar-refractivity contribution in [3.05, 3.63) is 0 Å². The van der Waals surface area contributed by atoms with Crippen molar-refractivity contribution >= 4 is 11.9 Å². The third-order valence-electron chi connectivity index (χ3n) is 1.76. The molecule has 0 spiro atoms. The number of carboxylic acid groups (broad SMARTS) is 2. The quantitative estimate of drug-likeness (QED) is 0.626. The number of carbonyl (C=O) groups is 2. The molecule has 0 heterocycles. The molecule has 0 saturated carbocycles. The van der Waals surface area contributed by atoms with Crippen LogP contribution in [0.2, 0.25) is 0 Å². The first-order valence-corrected chi connectivity index (χ1v) is 4.13. The second kappa shape index (κ2) is 5.53. The standard InChI is InChI=1S/C8H15NO4/c1-3-4-9(2)6(8(12)13)5-7(10)11/h6H,3-5H2,1-2H3,(H,10,11)(H,12,13). The van der Waals surface area contributed by atoms with Crippen LogP contribution >= 0.6 is 0 Å². The molecule has 0 rings (SSSR count). The summed E-state index contributed by atoms with van der Waals surface area (Å²) in [6.07, 6.45) is 0.450. The van der Waals surface area contributed by atoms with Crippen LogP contribution in [0.4, 0.5) is 0 Å². The lowest BCUT2D eigenvalue weighted by atomic mass is 10.2. The van der Waals surface area contributed by atoms with E-state index >= 15 is 0 Å². The number of likely N-dealkylation sites (N-methyl/N-ethyl adjacent to an activating group) is 1. The summed E-state index contributed by atoms with van der Waals surface area (Å²) >= 11 is 0. The van der Waals surface area contributed by atoms with Crippen LogP contribution in [0.15, 0.2) is 0 Å². The summed E-state index contributed by atoms with van der Waals surface area (Å²) in [5, 5.41) is 17.2. The molecule has 13 heavy (non-hydrogen) atoms. The van der Waals surface area contributed by atoms with Crippen LogP contribution < -0.4 is 0 Å². The molecule has 76 valence electrons. The molecule has 0 amide bonds. The zero-order valence-electron chi connectivity index (χ0n) is 7.86. The number of hydrogen-bond acceptors (Lipinski definition) is 3. The number of nitrogens with zero attached hydrogens (tertiary/aromatic N) is 1. The van der Waals surface area contributed by atoms with Crippen molar-refractivity contribution in [2.75, 3.05) is 13.6 Å². The number of rotatable bonds is 6. The van der Waals surface area contributed by atoms with Crippen LogP contribution in [0.1, 0.15) is 19.8 Å². The van der Waals surface area contributed by atoms with Crippen LogP contribution in [0, 0.1) is 0 Å². The van der Waals surface area contributed by atoms with E-state index in [1.807, 2.05) is 6.92 Å². The minimum absolute atomic E-state index is 0.355. The lowest BCUT2D eigenvalue weighted by molar-refractivity contribution is -0.149. The summed E-state index contributed by atoms with van der Waals surface area (Å²) in [6.45, 7) is 2.50. The molecule has 0 aliphatic carbocycles. The molecule has 0 aromatic rings. The Morgan fingerprint density at radius 2 is 1.92 bits per heavy atom. The van der Waals surface area contributed by atoms with Gasteiger partial charge in [0.1, 0.15) is 6.04 Å². The average molecular weight is 189 g/mol. The molecular formula is C8H15NO4. The number of carboxylic acids is 2. The summed E-state index contributed by atoms with van der Waals surface area (Å²) in [5.74, 6) is -2.17. The molecule has 0 saturated heterocycles. The summed E-state index contributed by atoms with van der Waals surface area (Å²) in [4.78, 5) is 22.5. The van der Waals surface area contributed by atoms with Gasteiger partial charge in [0, 0.05) is 0 Å². The van der Waals surface area contributed by atoms with Crippen molar-refractivity contribution in [2.45, 2.75) is 25.8 Å². The predicted molar refractivity (Wildman–Crippen MR) is 46.6 cm³/mol. The predicted octanol–water partition coefficient (Wildman–Crippen LogP) is 0.256. The second-order valence-electron chi connectivity index (χ2n) is 2.93. The van der Waals surface area contributed by atoms with E-state index in [2.05, 4.69) is 0 Å². The van der Waals surface area contributed by atoms with Crippen LogP contribution in [-0.4, -0.2) is 46.7 Å². The Hall–Kier alpha value is -1.10. The highest BCUT2D eigenvalue weighted by molar-refractivity contribution is 5.80. The molecule has 0 bridgehead atoms. The highest BCUT2D eigenvalue weighted by Gasteiger charge is 2.24. The van der Waals surface area contributed by atoms with E-state index in [0.717, 1.165) is 6.42 Å². The van der Waals surface area contributed by atoms with E-state index in [1.165, 1.54) is 4.90 Å². The van der Waals surface area contributed by atoms with Gasteiger partial charge < -0.3 is 10.2 Å². The molecule has 5 nitrogen and oxygen atoms in total. The van der Waals surface area contributed by atoms with Crippen LogP contribution in [0.5, 0.6) is 0 Å². The smallest absolute Gasteiger partial charge is 0.321 e. The lowest BCUT2D eigenvalue weighted by Crippen LogP contribution is -2.40. The van der Waals surface area contributed by atoms with Gasteiger partial charge in [0.05, 0.1) is 6.42 Å². The summed E-state index contributed by atoms with van der Waals surface area (Å²) in [7, 11) is 1.62. The van der Waals surface area contributed by atoms with Gasteiger partial charge in [-0.3, -0.25) is 14.5 Å². The van der Waals surface area contributed by atoms with Crippen molar-refractivity contribution in [3.8, 4) is 0 Å². The first kappa shape index (κ1) is 11.9. The number of aliphatic carboxylic acids is 2. The molecule has 0 aliphatic heterocycles. The second-order valence-corrected chi connectivity index (χ2v) is 2.93. The van der Waals surface area contributed by atoms with Gasteiger partial charge in [-0.1, -0.05) is 6.92 Å². The Labute approximate surface area is 77.0 Å². The van der Waals surface area contributed by atoms with Crippen LogP contribution in [0.25, 0.3) is 0 Å². The fraction of sp³-hybridized carbons (Fsp3) is 0.750. The van der Waals surface area contributed by atoms with Gasteiger partial charge in [0.15, 0.2) is 0 Å². The Bertz CT molecular complexity index is 193. The molecule has 0 aliphatic rings. The van der Waals surface area contributed by atoms with Crippen molar-refractivity contribution < 1.29 is 19.8 Å². The molecular weight excluding hydrogens is 174 g/mol. The van der Waals surface area contributed by atoms with E-state index in [0.29, 0.717) is 6.54 Å². The third-order valence-corrected chi connectivity index (χ3v) is 1.76.